The van der Waals surface area contributed by atoms with E-state index in [1.54, 1.807) is 0 Å². The third kappa shape index (κ3) is 5.37. The Labute approximate surface area is 192 Å². The molecule has 0 bridgehead atoms. The van der Waals surface area contributed by atoms with Gasteiger partial charge in [-0.1, -0.05) is 0 Å². The molecule has 0 aromatic heterocycles. The highest BCUT2D eigenvalue weighted by Crippen LogP contribution is 2.32. The zero-order chi connectivity index (χ0) is 25.3. The molecule has 0 aromatic carbocycles. The molecule has 0 spiro atoms. The molecule has 3 fully saturated rings. The van der Waals surface area contributed by atoms with E-state index in [-0.39, 0.29) is 0 Å². The van der Waals surface area contributed by atoms with Gasteiger partial charge in [-0.3, -0.25) is 0 Å². The molecule has 3 aliphatic rings. The van der Waals surface area contributed by atoms with Crippen LogP contribution in [0.4, 0.5) is 0 Å². The summed E-state index contributed by atoms with van der Waals surface area (Å²) >= 11 is 0. The standard InChI is InChI=1S/C18H32O16/c19-1-4-7(22)10(25)11(26)17(31-4)34-15-9(24)6(3-21)32-18(13(15)28)33-14-8(23)5(2-20)30-16(29)12(14)27/h4-29H,1-3H2/t4?,5?,6?,7-,8-,9-,10+,11?,12?,13?,14+,15+,16?,17?,18?/m1/s1. The smallest absolute Gasteiger partial charge is 0.187 e. The molecule has 3 aliphatic heterocycles. The van der Waals surface area contributed by atoms with E-state index in [1.807, 2.05) is 0 Å². The molecule has 16 nitrogen and oxygen atoms in total. The van der Waals surface area contributed by atoms with E-state index >= 15 is 0 Å². The first-order valence-corrected chi connectivity index (χ1v) is 10.6. The predicted molar refractivity (Wildman–Crippen MR) is 101 cm³/mol. The first kappa shape index (κ1) is 27.9. The number of hydrogen-bond donors (Lipinski definition) is 11. The summed E-state index contributed by atoms with van der Waals surface area (Å²) in [7, 11) is 0. The maximum Gasteiger partial charge on any atom is 0.187 e. The van der Waals surface area contributed by atoms with Gasteiger partial charge in [-0.15, -0.1) is 0 Å². The molecule has 0 aromatic rings. The highest BCUT2D eigenvalue weighted by Gasteiger charge is 2.53. The lowest BCUT2D eigenvalue weighted by atomic mass is 9.96. The van der Waals surface area contributed by atoms with Crippen LogP contribution in [0, 0.1) is 0 Å². The van der Waals surface area contributed by atoms with Crippen LogP contribution in [0.5, 0.6) is 0 Å². The van der Waals surface area contributed by atoms with Crippen molar-refractivity contribution < 1.29 is 79.9 Å². The maximum atomic E-state index is 10.7. The first-order chi connectivity index (χ1) is 16.0. The van der Waals surface area contributed by atoms with Gasteiger partial charge in [0.05, 0.1) is 19.8 Å². The second-order valence-electron chi connectivity index (χ2n) is 8.33. The molecule has 0 amide bonds. The summed E-state index contributed by atoms with van der Waals surface area (Å²) in [6.07, 6.45) is -25.5. The van der Waals surface area contributed by atoms with Crippen molar-refractivity contribution in [3.05, 3.63) is 0 Å². The number of aliphatic hydroxyl groups is 11. The zero-order valence-electron chi connectivity index (χ0n) is 17.7. The second kappa shape index (κ2) is 11.6. The number of rotatable bonds is 7. The fraction of sp³-hybridized carbons (Fsp3) is 1.00. The quantitative estimate of drug-likeness (QED) is 0.154. The molecular formula is C18H32O16. The van der Waals surface area contributed by atoms with Crippen LogP contribution >= 0.6 is 0 Å². The average Bonchev–Trinajstić information content (AvgIpc) is 2.82. The van der Waals surface area contributed by atoms with E-state index in [2.05, 4.69) is 0 Å². The molecule has 0 radical (unpaired) electrons. The molecule has 0 saturated carbocycles. The summed E-state index contributed by atoms with van der Waals surface area (Å²) < 4.78 is 26.2. The van der Waals surface area contributed by atoms with Crippen LogP contribution in [0.15, 0.2) is 0 Å². The molecule has 3 heterocycles. The molecule has 34 heavy (non-hydrogen) atoms. The van der Waals surface area contributed by atoms with Crippen LogP contribution in [0.3, 0.4) is 0 Å². The third-order valence-corrected chi connectivity index (χ3v) is 6.09. The van der Waals surface area contributed by atoms with Crippen molar-refractivity contribution in [2.45, 2.75) is 92.1 Å². The van der Waals surface area contributed by atoms with E-state index in [1.165, 1.54) is 0 Å². The van der Waals surface area contributed by atoms with Crippen molar-refractivity contribution in [1.29, 1.82) is 0 Å². The summed E-state index contributed by atoms with van der Waals surface area (Å²) in [5.41, 5.74) is 0. The van der Waals surface area contributed by atoms with Gasteiger partial charge < -0.3 is 79.9 Å². The van der Waals surface area contributed by atoms with Gasteiger partial charge in [-0.05, 0) is 0 Å². The van der Waals surface area contributed by atoms with Crippen LogP contribution < -0.4 is 0 Å². The Morgan fingerprint density at radius 2 is 0.853 bits per heavy atom. The minimum Gasteiger partial charge on any atom is -0.394 e. The van der Waals surface area contributed by atoms with Gasteiger partial charge in [0.1, 0.15) is 73.2 Å². The minimum absolute atomic E-state index is 0.750. The highest BCUT2D eigenvalue weighted by atomic mass is 16.7. The SMILES string of the molecule is OCC1OC(O[C@@H]2C(O)C(O[C@@H]3C(O)C(O)OC(CO)[C@H]3O)OC(CO)[C@H]2O)C(O)[C@@H](O)[C@@H]1O. The van der Waals surface area contributed by atoms with Crippen LogP contribution in [-0.4, -0.2) is 168 Å². The van der Waals surface area contributed by atoms with Gasteiger partial charge >= 0.3 is 0 Å². The largest absolute Gasteiger partial charge is 0.394 e. The van der Waals surface area contributed by atoms with Gasteiger partial charge in [0.2, 0.25) is 0 Å². The monoisotopic (exact) mass is 504 g/mol. The van der Waals surface area contributed by atoms with Crippen molar-refractivity contribution in [2.24, 2.45) is 0 Å². The molecule has 200 valence electrons. The summed E-state index contributed by atoms with van der Waals surface area (Å²) in [6.45, 7) is -2.33. The molecule has 11 N–H and O–H groups in total. The molecule has 0 aliphatic carbocycles. The van der Waals surface area contributed by atoms with Gasteiger partial charge in [-0.2, -0.15) is 0 Å². The number of aliphatic hydroxyl groups excluding tert-OH is 11. The summed E-state index contributed by atoms with van der Waals surface area (Å²) in [4.78, 5) is 0. The van der Waals surface area contributed by atoms with Gasteiger partial charge in [0.25, 0.3) is 0 Å². The van der Waals surface area contributed by atoms with Crippen LogP contribution in [-0.2, 0) is 23.7 Å². The average molecular weight is 504 g/mol. The van der Waals surface area contributed by atoms with E-state index in [0.29, 0.717) is 0 Å². The predicted octanol–water partition coefficient (Wildman–Crippen LogP) is -7.57. The van der Waals surface area contributed by atoms with Crippen molar-refractivity contribution in [1.82, 2.24) is 0 Å². The van der Waals surface area contributed by atoms with Crippen molar-refractivity contribution in [3.8, 4) is 0 Å². The summed E-state index contributed by atoms with van der Waals surface area (Å²) in [5.74, 6) is 0. The summed E-state index contributed by atoms with van der Waals surface area (Å²) in [5, 5.41) is 110. The first-order valence-electron chi connectivity index (χ1n) is 10.6. The van der Waals surface area contributed by atoms with E-state index in [9.17, 15) is 56.2 Å². The summed E-state index contributed by atoms with van der Waals surface area (Å²) in [6, 6.07) is 0. The lowest BCUT2D eigenvalue weighted by Gasteiger charge is -2.47. The Balaban J connectivity index is 1.78. The Morgan fingerprint density at radius 3 is 1.35 bits per heavy atom. The Bertz CT molecular complexity index is 639. The normalized spacial score (nSPS) is 52.5. The van der Waals surface area contributed by atoms with E-state index in [0.717, 1.165) is 0 Å². The number of hydrogen-bond acceptors (Lipinski definition) is 16. The molecule has 15 atom stereocenters. The van der Waals surface area contributed by atoms with Gasteiger partial charge in [-0.25, -0.2) is 0 Å². The minimum atomic E-state index is -1.92. The molecule has 3 rings (SSSR count). The molecule has 3 saturated heterocycles. The van der Waals surface area contributed by atoms with E-state index in [4.69, 9.17) is 23.7 Å². The lowest BCUT2D eigenvalue weighted by Crippen LogP contribution is -2.66. The van der Waals surface area contributed by atoms with Crippen LogP contribution in [0.1, 0.15) is 0 Å². The third-order valence-electron chi connectivity index (χ3n) is 6.09. The number of ether oxygens (including phenoxy) is 5. The molecule has 16 heteroatoms. The van der Waals surface area contributed by atoms with Crippen molar-refractivity contribution in [2.75, 3.05) is 19.8 Å². The van der Waals surface area contributed by atoms with Crippen molar-refractivity contribution >= 4 is 0 Å². The Kier molecular flexibility index (Phi) is 9.54. The van der Waals surface area contributed by atoms with Gasteiger partial charge in [0, 0.05) is 0 Å². The Hall–Kier alpha value is -0.640. The maximum absolute atomic E-state index is 10.7. The molecular weight excluding hydrogens is 472 g/mol. The fourth-order valence-corrected chi connectivity index (χ4v) is 4.04. The topological polar surface area (TPSA) is 269 Å². The lowest BCUT2D eigenvalue weighted by molar-refractivity contribution is -0.379. The van der Waals surface area contributed by atoms with Gasteiger partial charge in [0.15, 0.2) is 18.9 Å². The highest BCUT2D eigenvalue weighted by molar-refractivity contribution is 4.96. The van der Waals surface area contributed by atoms with E-state index < -0.39 is 112 Å². The fourth-order valence-electron chi connectivity index (χ4n) is 4.04. The van der Waals surface area contributed by atoms with Crippen molar-refractivity contribution in [3.63, 3.8) is 0 Å². The van der Waals surface area contributed by atoms with Crippen LogP contribution in [0.25, 0.3) is 0 Å². The van der Waals surface area contributed by atoms with Crippen LogP contribution in [0.2, 0.25) is 0 Å². The Morgan fingerprint density at radius 1 is 0.441 bits per heavy atom. The molecule has 9 unspecified atom stereocenters. The second-order valence-corrected chi connectivity index (χ2v) is 8.33. The zero-order valence-corrected chi connectivity index (χ0v) is 17.7.